The van der Waals surface area contributed by atoms with Crippen molar-refractivity contribution in [1.29, 1.82) is 0 Å². The molecule has 2 aromatic carbocycles. The largest absolute Gasteiger partial charge is 0.352 e. The molecule has 0 bridgehead atoms. The zero-order valence-electron chi connectivity index (χ0n) is 17.3. The van der Waals surface area contributed by atoms with Gasteiger partial charge in [0.25, 0.3) is 0 Å². The summed E-state index contributed by atoms with van der Waals surface area (Å²) in [5, 5.41) is 2.92. The van der Waals surface area contributed by atoms with Crippen molar-refractivity contribution >= 4 is 21.6 Å². The summed E-state index contributed by atoms with van der Waals surface area (Å²) in [6.07, 6.45) is 2.26. The maximum Gasteiger partial charge on any atom is 0.229 e. The van der Waals surface area contributed by atoms with Gasteiger partial charge in [0.2, 0.25) is 15.9 Å². The molecule has 1 amide bonds. The minimum Gasteiger partial charge on any atom is -0.352 e. The minimum atomic E-state index is -3.30. The average Bonchev–Trinajstić information content (AvgIpc) is 2.59. The van der Waals surface area contributed by atoms with E-state index in [2.05, 4.69) is 55.1 Å². The third-order valence-electron chi connectivity index (χ3n) is 4.54. The monoisotopic (exact) mass is 402 g/mol. The smallest absolute Gasteiger partial charge is 0.229 e. The van der Waals surface area contributed by atoms with Crippen LogP contribution < -0.4 is 10.0 Å². The fourth-order valence-electron chi connectivity index (χ4n) is 2.87. The molecule has 0 fully saturated rings. The normalized spacial score (nSPS) is 11.9. The average molecular weight is 403 g/mol. The first-order valence-corrected chi connectivity index (χ1v) is 11.3. The van der Waals surface area contributed by atoms with Crippen LogP contribution in [-0.2, 0) is 33.2 Å². The van der Waals surface area contributed by atoms with Crippen LogP contribution in [0.5, 0.6) is 0 Å². The van der Waals surface area contributed by atoms with Gasteiger partial charge in [0.05, 0.1) is 11.9 Å². The summed E-state index contributed by atoms with van der Waals surface area (Å²) in [4.78, 5) is 12.2. The second kappa shape index (κ2) is 8.78. The van der Waals surface area contributed by atoms with E-state index in [1.165, 1.54) is 5.56 Å². The molecule has 6 heteroatoms. The van der Waals surface area contributed by atoms with Gasteiger partial charge in [-0.2, -0.15) is 0 Å². The van der Waals surface area contributed by atoms with E-state index < -0.39 is 10.0 Å². The molecule has 0 aliphatic heterocycles. The molecular weight excluding hydrogens is 372 g/mol. The van der Waals surface area contributed by atoms with Crippen LogP contribution in [0.4, 0.5) is 5.69 Å². The topological polar surface area (TPSA) is 75.3 Å². The third kappa shape index (κ3) is 7.00. The van der Waals surface area contributed by atoms with Crippen LogP contribution in [0.15, 0.2) is 42.5 Å². The van der Waals surface area contributed by atoms with Crippen molar-refractivity contribution in [3.05, 3.63) is 64.7 Å². The van der Waals surface area contributed by atoms with E-state index in [1.807, 2.05) is 19.1 Å². The Kier molecular flexibility index (Phi) is 6.88. The fraction of sp³-hybridized carbons (Fsp3) is 0.409. The van der Waals surface area contributed by atoms with Crippen LogP contribution in [0.25, 0.3) is 0 Å². The number of carbonyl (C=O) groups is 1. The Bertz CT molecular complexity index is 927. The highest BCUT2D eigenvalue weighted by Crippen LogP contribution is 2.22. The highest BCUT2D eigenvalue weighted by molar-refractivity contribution is 7.92. The molecule has 0 saturated carbocycles. The molecule has 0 saturated heterocycles. The maximum absolute atomic E-state index is 12.2. The molecule has 0 aliphatic carbocycles. The number of benzene rings is 2. The molecule has 2 aromatic rings. The van der Waals surface area contributed by atoms with Crippen molar-refractivity contribution in [3.8, 4) is 0 Å². The van der Waals surface area contributed by atoms with Gasteiger partial charge in [0.1, 0.15) is 0 Å². The first-order valence-electron chi connectivity index (χ1n) is 9.37. The van der Waals surface area contributed by atoms with Crippen LogP contribution in [0.2, 0.25) is 0 Å². The van der Waals surface area contributed by atoms with Gasteiger partial charge < -0.3 is 5.32 Å². The quantitative estimate of drug-likeness (QED) is 0.737. The molecule has 2 rings (SSSR count). The number of carbonyl (C=O) groups excluding carboxylic acids is 1. The van der Waals surface area contributed by atoms with Gasteiger partial charge in [-0.25, -0.2) is 8.42 Å². The number of hydrogen-bond donors (Lipinski definition) is 2. The standard InChI is InChI=1S/C22H30N2O3S/c1-16-14-18(8-12-20(16)24-28(5,26)27)15-23-21(25)13-9-17-6-10-19(11-7-17)22(2,3)4/h6-8,10-12,14,24H,9,13,15H2,1-5H3,(H,23,25). The van der Waals surface area contributed by atoms with E-state index >= 15 is 0 Å². The molecule has 152 valence electrons. The Morgan fingerprint density at radius 1 is 1.00 bits per heavy atom. The molecule has 5 nitrogen and oxygen atoms in total. The second-order valence-electron chi connectivity index (χ2n) is 8.25. The summed E-state index contributed by atoms with van der Waals surface area (Å²) >= 11 is 0. The highest BCUT2D eigenvalue weighted by atomic mass is 32.2. The van der Waals surface area contributed by atoms with Crippen LogP contribution in [0.3, 0.4) is 0 Å². The molecule has 28 heavy (non-hydrogen) atoms. The van der Waals surface area contributed by atoms with E-state index in [9.17, 15) is 13.2 Å². The number of rotatable bonds is 7. The zero-order chi connectivity index (χ0) is 20.9. The minimum absolute atomic E-state index is 0.00381. The summed E-state index contributed by atoms with van der Waals surface area (Å²) in [5.74, 6) is -0.00381. The fourth-order valence-corrected chi connectivity index (χ4v) is 3.50. The first-order chi connectivity index (χ1) is 12.9. The molecule has 0 radical (unpaired) electrons. The number of aryl methyl sites for hydroxylation is 2. The Balaban J connectivity index is 1.85. The Morgan fingerprint density at radius 3 is 2.14 bits per heavy atom. The van der Waals surface area contributed by atoms with Crippen LogP contribution in [0.1, 0.15) is 49.4 Å². The van der Waals surface area contributed by atoms with Crippen LogP contribution in [-0.4, -0.2) is 20.6 Å². The third-order valence-corrected chi connectivity index (χ3v) is 5.13. The molecule has 0 unspecified atom stereocenters. The number of hydrogen-bond acceptors (Lipinski definition) is 3. The van der Waals surface area contributed by atoms with Gasteiger partial charge in [0, 0.05) is 13.0 Å². The summed E-state index contributed by atoms with van der Waals surface area (Å²) in [6, 6.07) is 13.8. The second-order valence-corrected chi connectivity index (χ2v) is 10.00. The van der Waals surface area contributed by atoms with E-state index in [4.69, 9.17) is 0 Å². The Labute approximate surface area is 168 Å². The number of amides is 1. The van der Waals surface area contributed by atoms with E-state index in [1.54, 1.807) is 6.07 Å². The lowest BCUT2D eigenvalue weighted by Gasteiger charge is -2.19. The predicted octanol–water partition coefficient (Wildman–Crippen LogP) is 3.91. The van der Waals surface area contributed by atoms with Gasteiger partial charge in [-0.15, -0.1) is 0 Å². The lowest BCUT2D eigenvalue weighted by Crippen LogP contribution is -2.23. The molecular formula is C22H30N2O3S. The van der Waals surface area contributed by atoms with Gasteiger partial charge >= 0.3 is 0 Å². The lowest BCUT2D eigenvalue weighted by atomic mass is 9.86. The number of anilines is 1. The summed E-state index contributed by atoms with van der Waals surface area (Å²) in [5.41, 5.74) is 4.85. The summed E-state index contributed by atoms with van der Waals surface area (Å²) in [7, 11) is -3.30. The van der Waals surface area contributed by atoms with Gasteiger partial charge in [-0.05, 0) is 47.1 Å². The van der Waals surface area contributed by atoms with E-state index in [0.717, 1.165) is 22.9 Å². The Morgan fingerprint density at radius 2 is 1.61 bits per heavy atom. The van der Waals surface area contributed by atoms with Gasteiger partial charge in [0.15, 0.2) is 0 Å². The van der Waals surface area contributed by atoms with Crippen molar-refractivity contribution in [1.82, 2.24) is 5.32 Å². The molecule has 0 atom stereocenters. The molecule has 2 N–H and O–H groups in total. The van der Waals surface area contributed by atoms with Crippen molar-refractivity contribution in [2.24, 2.45) is 0 Å². The van der Waals surface area contributed by atoms with Crippen LogP contribution >= 0.6 is 0 Å². The summed E-state index contributed by atoms with van der Waals surface area (Å²) in [6.45, 7) is 8.80. The highest BCUT2D eigenvalue weighted by Gasteiger charge is 2.13. The number of sulfonamides is 1. The lowest BCUT2D eigenvalue weighted by molar-refractivity contribution is -0.121. The van der Waals surface area contributed by atoms with Crippen molar-refractivity contribution in [2.45, 2.75) is 52.5 Å². The van der Waals surface area contributed by atoms with E-state index in [0.29, 0.717) is 25.1 Å². The SMILES string of the molecule is Cc1cc(CNC(=O)CCc2ccc(C(C)(C)C)cc2)ccc1NS(C)(=O)=O. The number of nitrogens with one attached hydrogen (secondary N) is 2. The summed E-state index contributed by atoms with van der Waals surface area (Å²) < 4.78 is 25.2. The maximum atomic E-state index is 12.2. The molecule has 0 aliphatic rings. The first kappa shape index (κ1) is 22.0. The molecule has 0 aromatic heterocycles. The van der Waals surface area contributed by atoms with Gasteiger partial charge in [-0.1, -0.05) is 57.2 Å². The van der Waals surface area contributed by atoms with Crippen molar-refractivity contribution < 1.29 is 13.2 Å². The predicted molar refractivity (Wildman–Crippen MR) is 115 cm³/mol. The van der Waals surface area contributed by atoms with Crippen molar-refractivity contribution in [3.63, 3.8) is 0 Å². The Hall–Kier alpha value is -2.34. The molecule has 0 heterocycles. The molecule has 0 spiro atoms. The zero-order valence-corrected chi connectivity index (χ0v) is 18.1. The van der Waals surface area contributed by atoms with Crippen LogP contribution in [0, 0.1) is 6.92 Å². The van der Waals surface area contributed by atoms with Crippen molar-refractivity contribution in [2.75, 3.05) is 11.0 Å². The van der Waals surface area contributed by atoms with Gasteiger partial charge in [-0.3, -0.25) is 9.52 Å². The van der Waals surface area contributed by atoms with E-state index in [-0.39, 0.29) is 11.3 Å².